The van der Waals surface area contributed by atoms with Crippen LogP contribution in [0.2, 0.25) is 0 Å². The van der Waals surface area contributed by atoms with Crippen molar-refractivity contribution in [3.05, 3.63) is 11.6 Å². The van der Waals surface area contributed by atoms with Gasteiger partial charge in [0.2, 0.25) is 5.82 Å². The first kappa shape index (κ1) is 12.6. The van der Waals surface area contributed by atoms with Gasteiger partial charge in [-0.2, -0.15) is 0 Å². The number of aryl methyl sites for hydroxylation is 1. The Morgan fingerprint density at radius 1 is 1.56 bits per heavy atom. The number of carbonyl (C=O) groups excluding carboxylic acids is 1. The number of nitrogens with one attached hydrogen (secondary N) is 2. The van der Waals surface area contributed by atoms with Gasteiger partial charge in [-0.25, -0.2) is 4.98 Å². The van der Waals surface area contributed by atoms with E-state index < -0.39 is 0 Å². The Morgan fingerprint density at radius 3 is 2.88 bits per heavy atom. The first-order valence-electron chi connectivity index (χ1n) is 5.50. The second-order valence-corrected chi connectivity index (χ2v) is 3.64. The lowest BCUT2D eigenvalue weighted by Gasteiger charge is -2.14. The van der Waals surface area contributed by atoms with E-state index in [1.807, 2.05) is 14.0 Å². The zero-order valence-corrected chi connectivity index (χ0v) is 10.1. The summed E-state index contributed by atoms with van der Waals surface area (Å²) in [5, 5.41) is 9.67. The van der Waals surface area contributed by atoms with E-state index in [9.17, 15) is 4.79 Å². The van der Waals surface area contributed by atoms with Crippen molar-refractivity contribution >= 4 is 5.91 Å². The van der Waals surface area contributed by atoms with Gasteiger partial charge in [0.1, 0.15) is 5.82 Å². The van der Waals surface area contributed by atoms with Crippen LogP contribution in [0.25, 0.3) is 0 Å². The number of nitrogens with zero attached hydrogens (tertiary/aromatic N) is 3. The van der Waals surface area contributed by atoms with Crippen LogP contribution in [0.3, 0.4) is 0 Å². The van der Waals surface area contributed by atoms with Crippen molar-refractivity contribution in [2.75, 3.05) is 27.2 Å². The number of H-pyrrole nitrogens is 1. The largest absolute Gasteiger partial charge is 0.339 e. The molecular formula is C10H19N5O. The van der Waals surface area contributed by atoms with Crippen LogP contribution < -0.4 is 5.32 Å². The van der Waals surface area contributed by atoms with Crippen molar-refractivity contribution in [2.24, 2.45) is 0 Å². The van der Waals surface area contributed by atoms with E-state index in [0.29, 0.717) is 6.54 Å². The van der Waals surface area contributed by atoms with Gasteiger partial charge in [-0.3, -0.25) is 9.89 Å². The molecule has 0 aromatic carbocycles. The van der Waals surface area contributed by atoms with Gasteiger partial charge in [-0.15, -0.1) is 5.10 Å². The number of rotatable bonds is 6. The molecule has 0 saturated carbocycles. The highest BCUT2D eigenvalue weighted by Crippen LogP contribution is 1.99. The van der Waals surface area contributed by atoms with Gasteiger partial charge in [0.15, 0.2) is 0 Å². The highest BCUT2D eigenvalue weighted by Gasteiger charge is 2.15. The summed E-state index contributed by atoms with van der Waals surface area (Å²) in [7, 11) is 3.66. The summed E-state index contributed by atoms with van der Waals surface area (Å²) in [6.07, 6.45) is 1.67. The van der Waals surface area contributed by atoms with Gasteiger partial charge in [0.05, 0.1) is 0 Å². The summed E-state index contributed by atoms with van der Waals surface area (Å²) in [6.45, 7) is 3.56. The van der Waals surface area contributed by atoms with Crippen molar-refractivity contribution < 1.29 is 4.79 Å². The average Bonchev–Trinajstić information content (AvgIpc) is 2.76. The lowest BCUT2D eigenvalue weighted by molar-refractivity contribution is 0.0782. The molecule has 1 aromatic heterocycles. The van der Waals surface area contributed by atoms with Gasteiger partial charge in [0.25, 0.3) is 5.91 Å². The predicted molar refractivity (Wildman–Crippen MR) is 61.3 cm³/mol. The predicted octanol–water partition coefficient (Wildman–Crippen LogP) is 0.0486. The molecule has 16 heavy (non-hydrogen) atoms. The van der Waals surface area contributed by atoms with Crippen LogP contribution in [-0.2, 0) is 6.42 Å². The smallest absolute Gasteiger partial charge is 0.293 e. The average molecular weight is 225 g/mol. The van der Waals surface area contributed by atoms with Crippen molar-refractivity contribution in [3.8, 4) is 0 Å². The molecule has 1 heterocycles. The molecule has 1 rings (SSSR count). The zero-order chi connectivity index (χ0) is 12.0. The molecule has 0 saturated heterocycles. The summed E-state index contributed by atoms with van der Waals surface area (Å²) in [5.74, 6) is 0.864. The first-order valence-corrected chi connectivity index (χ1v) is 5.50. The van der Waals surface area contributed by atoms with Crippen LogP contribution in [0, 0.1) is 0 Å². The minimum absolute atomic E-state index is 0.132. The van der Waals surface area contributed by atoms with E-state index in [4.69, 9.17) is 0 Å². The topological polar surface area (TPSA) is 73.9 Å². The summed E-state index contributed by atoms with van der Waals surface area (Å²) in [4.78, 5) is 17.6. The van der Waals surface area contributed by atoms with Gasteiger partial charge >= 0.3 is 0 Å². The third kappa shape index (κ3) is 3.30. The third-order valence-corrected chi connectivity index (χ3v) is 2.32. The second-order valence-electron chi connectivity index (χ2n) is 3.64. The van der Waals surface area contributed by atoms with E-state index in [1.54, 1.807) is 11.9 Å². The van der Waals surface area contributed by atoms with E-state index in [-0.39, 0.29) is 11.7 Å². The fourth-order valence-corrected chi connectivity index (χ4v) is 1.31. The van der Waals surface area contributed by atoms with Crippen LogP contribution in [0.5, 0.6) is 0 Å². The van der Waals surface area contributed by atoms with Crippen molar-refractivity contribution in [2.45, 2.75) is 19.8 Å². The van der Waals surface area contributed by atoms with E-state index in [2.05, 4.69) is 20.5 Å². The first-order chi connectivity index (χ1) is 7.69. The Morgan fingerprint density at radius 2 is 2.31 bits per heavy atom. The van der Waals surface area contributed by atoms with Crippen LogP contribution in [0.4, 0.5) is 0 Å². The summed E-state index contributed by atoms with van der Waals surface area (Å²) >= 11 is 0. The number of aromatic nitrogens is 3. The fourth-order valence-electron chi connectivity index (χ4n) is 1.31. The normalized spacial score (nSPS) is 10.4. The molecule has 0 radical (unpaired) electrons. The molecule has 0 unspecified atom stereocenters. The molecule has 0 aliphatic carbocycles. The zero-order valence-electron chi connectivity index (χ0n) is 10.1. The number of aromatic amines is 1. The summed E-state index contributed by atoms with van der Waals surface area (Å²) < 4.78 is 0. The Bertz CT molecular complexity index is 336. The molecule has 0 aliphatic rings. The maximum absolute atomic E-state index is 11.8. The Balaban J connectivity index is 2.49. The molecule has 6 nitrogen and oxygen atoms in total. The summed E-state index contributed by atoms with van der Waals surface area (Å²) in [5.41, 5.74) is 0. The van der Waals surface area contributed by atoms with Gasteiger partial charge in [-0.1, -0.05) is 6.92 Å². The molecule has 2 N–H and O–H groups in total. The van der Waals surface area contributed by atoms with Crippen molar-refractivity contribution in [1.29, 1.82) is 0 Å². The maximum atomic E-state index is 11.8. The molecule has 0 fully saturated rings. The SMILES string of the molecule is CCc1nc(C(=O)N(C)CCCNC)n[nH]1. The quantitative estimate of drug-likeness (QED) is 0.671. The maximum Gasteiger partial charge on any atom is 0.293 e. The monoisotopic (exact) mass is 225 g/mol. The van der Waals surface area contributed by atoms with Crippen molar-refractivity contribution in [3.63, 3.8) is 0 Å². The minimum atomic E-state index is -0.132. The number of hydrogen-bond donors (Lipinski definition) is 2. The number of carbonyl (C=O) groups is 1. The van der Waals surface area contributed by atoms with E-state index >= 15 is 0 Å². The van der Waals surface area contributed by atoms with Crippen LogP contribution >= 0.6 is 0 Å². The Labute approximate surface area is 95.4 Å². The lowest BCUT2D eigenvalue weighted by atomic mass is 10.3. The minimum Gasteiger partial charge on any atom is -0.339 e. The fraction of sp³-hybridized carbons (Fsp3) is 0.700. The molecule has 0 spiro atoms. The summed E-state index contributed by atoms with van der Waals surface area (Å²) in [6, 6.07) is 0. The molecule has 0 aliphatic heterocycles. The number of hydrogen-bond acceptors (Lipinski definition) is 4. The highest BCUT2D eigenvalue weighted by atomic mass is 16.2. The molecule has 0 atom stereocenters. The number of amides is 1. The molecule has 1 aromatic rings. The van der Waals surface area contributed by atoms with E-state index in [0.717, 1.165) is 25.2 Å². The third-order valence-electron chi connectivity index (χ3n) is 2.32. The van der Waals surface area contributed by atoms with E-state index in [1.165, 1.54) is 0 Å². The van der Waals surface area contributed by atoms with Crippen LogP contribution in [0.1, 0.15) is 29.8 Å². The van der Waals surface area contributed by atoms with Crippen LogP contribution in [-0.4, -0.2) is 53.2 Å². The second kappa shape index (κ2) is 6.22. The van der Waals surface area contributed by atoms with Crippen molar-refractivity contribution in [1.82, 2.24) is 25.4 Å². The molecule has 1 amide bonds. The highest BCUT2D eigenvalue weighted by molar-refractivity contribution is 5.90. The van der Waals surface area contributed by atoms with Gasteiger partial charge in [0, 0.05) is 20.0 Å². The Kier molecular flexibility index (Phi) is 4.91. The molecular weight excluding hydrogens is 206 g/mol. The molecule has 6 heteroatoms. The lowest BCUT2D eigenvalue weighted by Crippen LogP contribution is -2.30. The van der Waals surface area contributed by atoms with Crippen LogP contribution in [0.15, 0.2) is 0 Å². The van der Waals surface area contributed by atoms with Gasteiger partial charge < -0.3 is 10.2 Å². The molecule has 90 valence electrons. The standard InChI is InChI=1S/C10H19N5O/c1-4-8-12-9(14-13-8)10(16)15(3)7-5-6-11-2/h11H,4-7H2,1-3H3,(H,12,13,14). The van der Waals surface area contributed by atoms with Gasteiger partial charge in [-0.05, 0) is 20.0 Å². The molecule has 0 bridgehead atoms. The Hall–Kier alpha value is -1.43.